The number of aryl methyl sites for hydroxylation is 2. The molecule has 3 N–H and O–H groups in total. The summed E-state index contributed by atoms with van der Waals surface area (Å²) in [4.78, 5) is 28.5. The van der Waals surface area contributed by atoms with Crippen LogP contribution >= 0.6 is 11.3 Å². The second kappa shape index (κ2) is 8.62. The van der Waals surface area contributed by atoms with Gasteiger partial charge in [0.2, 0.25) is 5.91 Å². The van der Waals surface area contributed by atoms with Gasteiger partial charge in [0.25, 0.3) is 0 Å². The van der Waals surface area contributed by atoms with Crippen LogP contribution in [-0.2, 0) is 11.2 Å². The fraction of sp³-hybridized carbons (Fsp3) is 0.150. The highest BCUT2D eigenvalue weighted by molar-refractivity contribution is 7.14. The number of rotatable bonds is 5. The predicted molar refractivity (Wildman–Crippen MR) is 109 cm³/mol. The number of hydrogen-bond donors (Lipinski definition) is 3. The van der Waals surface area contributed by atoms with E-state index in [0.29, 0.717) is 16.5 Å². The molecule has 0 bridgehead atoms. The molecule has 0 aliphatic carbocycles. The fourth-order valence-electron chi connectivity index (χ4n) is 2.65. The van der Waals surface area contributed by atoms with Crippen molar-refractivity contribution in [3.8, 4) is 0 Å². The Morgan fingerprint density at radius 1 is 0.964 bits per heavy atom. The summed E-state index contributed by atoms with van der Waals surface area (Å²) in [5, 5.41) is 10.1. The molecule has 8 heteroatoms. The van der Waals surface area contributed by atoms with E-state index in [1.54, 1.807) is 5.38 Å². The van der Waals surface area contributed by atoms with Gasteiger partial charge >= 0.3 is 6.03 Å². The fourth-order valence-corrected chi connectivity index (χ4v) is 3.36. The van der Waals surface area contributed by atoms with Gasteiger partial charge in [0, 0.05) is 16.8 Å². The number of halogens is 1. The number of hydrogen-bond acceptors (Lipinski definition) is 4. The van der Waals surface area contributed by atoms with E-state index in [0.717, 1.165) is 16.8 Å². The molecule has 28 heavy (non-hydrogen) atoms. The van der Waals surface area contributed by atoms with Crippen LogP contribution in [-0.4, -0.2) is 16.9 Å². The summed E-state index contributed by atoms with van der Waals surface area (Å²) in [6.45, 7) is 3.94. The van der Waals surface area contributed by atoms with Gasteiger partial charge in [-0.1, -0.05) is 6.07 Å². The van der Waals surface area contributed by atoms with E-state index in [2.05, 4.69) is 20.9 Å². The van der Waals surface area contributed by atoms with Gasteiger partial charge in [-0.2, -0.15) is 0 Å². The molecular formula is C20H19FN4O2S. The molecular weight excluding hydrogens is 379 g/mol. The van der Waals surface area contributed by atoms with Gasteiger partial charge in [-0.15, -0.1) is 11.3 Å². The molecule has 0 saturated heterocycles. The number of aromatic nitrogens is 1. The molecule has 0 aliphatic heterocycles. The molecule has 0 unspecified atom stereocenters. The summed E-state index contributed by atoms with van der Waals surface area (Å²) in [7, 11) is 0. The summed E-state index contributed by atoms with van der Waals surface area (Å²) < 4.78 is 12.9. The maximum atomic E-state index is 12.9. The highest BCUT2D eigenvalue weighted by Crippen LogP contribution is 2.18. The van der Waals surface area contributed by atoms with Crippen LogP contribution in [0.1, 0.15) is 16.8 Å². The first-order valence-corrected chi connectivity index (χ1v) is 9.41. The van der Waals surface area contributed by atoms with Crippen molar-refractivity contribution < 1.29 is 14.0 Å². The highest BCUT2D eigenvalue weighted by atomic mass is 32.1. The number of nitrogens with one attached hydrogen (secondary N) is 3. The second-order valence-electron chi connectivity index (χ2n) is 6.33. The molecule has 0 fully saturated rings. The Bertz CT molecular complexity index is 981. The third-order valence-corrected chi connectivity index (χ3v) is 4.53. The monoisotopic (exact) mass is 398 g/mol. The third kappa shape index (κ3) is 5.62. The Morgan fingerprint density at radius 3 is 2.32 bits per heavy atom. The maximum absolute atomic E-state index is 12.9. The zero-order valence-corrected chi connectivity index (χ0v) is 16.2. The first kappa shape index (κ1) is 19.5. The summed E-state index contributed by atoms with van der Waals surface area (Å²) >= 11 is 1.22. The smallest absolute Gasteiger partial charge is 0.325 e. The average Bonchev–Trinajstić information content (AvgIpc) is 3.02. The topological polar surface area (TPSA) is 83.1 Å². The van der Waals surface area contributed by atoms with Crippen molar-refractivity contribution in [1.82, 2.24) is 4.98 Å². The highest BCUT2D eigenvalue weighted by Gasteiger charge is 2.11. The van der Waals surface area contributed by atoms with Crippen LogP contribution in [0.25, 0.3) is 0 Å². The van der Waals surface area contributed by atoms with Crippen LogP contribution in [0.15, 0.2) is 47.8 Å². The average molecular weight is 398 g/mol. The van der Waals surface area contributed by atoms with Gasteiger partial charge in [0.05, 0.1) is 12.1 Å². The Kier molecular flexibility index (Phi) is 6.00. The lowest BCUT2D eigenvalue weighted by molar-refractivity contribution is -0.115. The van der Waals surface area contributed by atoms with Crippen molar-refractivity contribution in [1.29, 1.82) is 0 Å². The van der Waals surface area contributed by atoms with E-state index in [-0.39, 0.29) is 18.1 Å². The van der Waals surface area contributed by atoms with E-state index >= 15 is 0 Å². The van der Waals surface area contributed by atoms with Crippen LogP contribution in [0, 0.1) is 19.7 Å². The van der Waals surface area contributed by atoms with Gasteiger partial charge in [0.1, 0.15) is 5.82 Å². The number of carbonyl (C=O) groups is 2. The zero-order valence-electron chi connectivity index (χ0n) is 15.4. The molecule has 3 amide bonds. The van der Waals surface area contributed by atoms with Crippen LogP contribution in [0.5, 0.6) is 0 Å². The molecule has 1 heterocycles. The maximum Gasteiger partial charge on any atom is 0.325 e. The molecule has 6 nitrogen and oxygen atoms in total. The molecule has 0 saturated carbocycles. The van der Waals surface area contributed by atoms with Gasteiger partial charge in [-0.05, 0) is 61.4 Å². The van der Waals surface area contributed by atoms with Crippen molar-refractivity contribution in [2.24, 2.45) is 0 Å². The molecule has 2 aromatic carbocycles. The van der Waals surface area contributed by atoms with Gasteiger partial charge in [-0.25, -0.2) is 14.2 Å². The lowest BCUT2D eigenvalue weighted by Gasteiger charge is -2.07. The third-order valence-electron chi connectivity index (χ3n) is 3.72. The van der Waals surface area contributed by atoms with E-state index in [9.17, 15) is 14.0 Å². The minimum absolute atomic E-state index is 0.102. The van der Waals surface area contributed by atoms with Gasteiger partial charge < -0.3 is 10.6 Å². The summed E-state index contributed by atoms with van der Waals surface area (Å²) in [6.07, 6.45) is 0.102. The molecule has 1 aromatic heterocycles. The van der Waals surface area contributed by atoms with E-state index in [1.807, 2.05) is 32.0 Å². The Hall–Kier alpha value is -3.26. The SMILES string of the molecule is Cc1cc(C)cc(NC(=O)Cc2csc(NC(=O)Nc3ccc(F)cc3)n2)c1. The first-order chi connectivity index (χ1) is 13.4. The molecule has 3 aromatic rings. The van der Waals surface area contributed by atoms with Crippen molar-refractivity contribution >= 4 is 39.8 Å². The van der Waals surface area contributed by atoms with Crippen molar-refractivity contribution in [2.45, 2.75) is 20.3 Å². The first-order valence-electron chi connectivity index (χ1n) is 8.53. The van der Waals surface area contributed by atoms with Gasteiger partial charge in [0.15, 0.2) is 5.13 Å². The number of carbonyl (C=O) groups excluding carboxylic acids is 2. The predicted octanol–water partition coefficient (Wildman–Crippen LogP) is 4.72. The molecule has 0 radical (unpaired) electrons. The van der Waals surface area contributed by atoms with Crippen molar-refractivity contribution in [3.05, 3.63) is 70.5 Å². The normalized spacial score (nSPS) is 10.4. The van der Waals surface area contributed by atoms with Crippen molar-refractivity contribution in [3.63, 3.8) is 0 Å². The Balaban J connectivity index is 1.53. The minimum Gasteiger partial charge on any atom is -0.326 e. The van der Waals surface area contributed by atoms with Crippen LogP contribution < -0.4 is 16.0 Å². The number of amides is 3. The number of thiazole rings is 1. The molecule has 0 atom stereocenters. The summed E-state index contributed by atoms with van der Waals surface area (Å²) in [5.41, 5.74) is 3.91. The summed E-state index contributed by atoms with van der Waals surface area (Å²) in [5.74, 6) is -0.563. The quantitative estimate of drug-likeness (QED) is 0.581. The van der Waals surface area contributed by atoms with Crippen LogP contribution in [0.2, 0.25) is 0 Å². The minimum atomic E-state index is -0.493. The van der Waals surface area contributed by atoms with Crippen LogP contribution in [0.4, 0.5) is 25.7 Å². The molecule has 3 rings (SSSR count). The largest absolute Gasteiger partial charge is 0.326 e. The number of urea groups is 1. The Morgan fingerprint density at radius 2 is 1.64 bits per heavy atom. The molecule has 144 valence electrons. The molecule has 0 aliphatic rings. The number of anilines is 3. The van der Waals surface area contributed by atoms with Crippen LogP contribution in [0.3, 0.4) is 0 Å². The van der Waals surface area contributed by atoms with Crippen molar-refractivity contribution in [2.75, 3.05) is 16.0 Å². The number of nitrogens with zero attached hydrogens (tertiary/aromatic N) is 1. The standard InChI is InChI=1S/C20H19FN4O2S/c1-12-7-13(2)9-16(8-12)22-18(26)10-17-11-28-20(24-17)25-19(27)23-15-5-3-14(21)4-6-15/h3-9,11H,10H2,1-2H3,(H,22,26)(H2,23,24,25,27). The van der Waals surface area contributed by atoms with E-state index < -0.39 is 6.03 Å². The lowest BCUT2D eigenvalue weighted by Crippen LogP contribution is -2.19. The van der Waals surface area contributed by atoms with Gasteiger partial charge in [-0.3, -0.25) is 10.1 Å². The lowest BCUT2D eigenvalue weighted by atomic mass is 10.1. The second-order valence-corrected chi connectivity index (χ2v) is 7.19. The summed E-state index contributed by atoms with van der Waals surface area (Å²) in [6, 6.07) is 10.8. The Labute approximate surface area is 165 Å². The zero-order chi connectivity index (χ0) is 20.1. The van der Waals surface area contributed by atoms with E-state index in [4.69, 9.17) is 0 Å². The molecule has 0 spiro atoms. The number of benzene rings is 2. The van der Waals surface area contributed by atoms with E-state index in [1.165, 1.54) is 35.6 Å².